The first-order valence-electron chi connectivity index (χ1n) is 5.87. The first-order chi connectivity index (χ1) is 9.16. The second-order valence-corrected chi connectivity index (χ2v) is 4.47. The number of nitrogens with zero attached hydrogens (tertiary/aromatic N) is 1. The van der Waals surface area contributed by atoms with Crippen molar-refractivity contribution in [1.82, 2.24) is 0 Å². The molecule has 0 aliphatic carbocycles. The molecule has 3 nitrogen and oxygen atoms in total. The molecule has 0 saturated heterocycles. The van der Waals surface area contributed by atoms with Gasteiger partial charge in [0, 0.05) is 17.8 Å². The smallest absolute Gasteiger partial charge is 0.264 e. The van der Waals surface area contributed by atoms with Gasteiger partial charge in [0.15, 0.2) is 6.61 Å². The van der Waals surface area contributed by atoms with Crippen LogP contribution in [0.15, 0.2) is 54.6 Å². The minimum absolute atomic E-state index is 0.0221. The molecule has 4 heteroatoms. The Morgan fingerprint density at radius 2 is 1.89 bits per heavy atom. The van der Waals surface area contributed by atoms with E-state index in [4.69, 9.17) is 16.3 Å². The van der Waals surface area contributed by atoms with E-state index in [1.807, 2.05) is 30.3 Å². The van der Waals surface area contributed by atoms with Gasteiger partial charge in [-0.25, -0.2) is 0 Å². The van der Waals surface area contributed by atoms with Gasteiger partial charge >= 0.3 is 0 Å². The molecule has 0 saturated carbocycles. The van der Waals surface area contributed by atoms with Gasteiger partial charge in [0.2, 0.25) is 0 Å². The van der Waals surface area contributed by atoms with Crippen molar-refractivity contribution in [3.63, 3.8) is 0 Å². The average molecular weight is 276 g/mol. The van der Waals surface area contributed by atoms with Gasteiger partial charge in [0.25, 0.3) is 5.91 Å². The molecule has 2 rings (SSSR count). The third-order valence-corrected chi connectivity index (χ3v) is 2.91. The van der Waals surface area contributed by atoms with Crippen molar-refractivity contribution >= 4 is 23.2 Å². The molecule has 0 bridgehead atoms. The number of carbonyl (C=O) groups excluding carboxylic acids is 1. The molecule has 0 heterocycles. The van der Waals surface area contributed by atoms with Crippen molar-refractivity contribution in [2.75, 3.05) is 18.6 Å². The van der Waals surface area contributed by atoms with Crippen LogP contribution < -0.4 is 9.64 Å². The fraction of sp³-hybridized carbons (Fsp3) is 0.133. The van der Waals surface area contributed by atoms with Gasteiger partial charge in [0.05, 0.1) is 0 Å². The van der Waals surface area contributed by atoms with E-state index >= 15 is 0 Å². The number of ether oxygens (including phenoxy) is 1. The minimum atomic E-state index is -0.119. The van der Waals surface area contributed by atoms with Crippen LogP contribution in [0.1, 0.15) is 0 Å². The van der Waals surface area contributed by atoms with Crippen molar-refractivity contribution in [2.45, 2.75) is 0 Å². The maximum atomic E-state index is 12.0. The molecular weight excluding hydrogens is 262 g/mol. The molecule has 0 unspecified atom stereocenters. The maximum absolute atomic E-state index is 12.0. The number of halogens is 1. The Morgan fingerprint density at radius 3 is 2.58 bits per heavy atom. The molecule has 2 aromatic rings. The van der Waals surface area contributed by atoms with Gasteiger partial charge < -0.3 is 9.64 Å². The summed E-state index contributed by atoms with van der Waals surface area (Å²) in [7, 11) is 1.72. The summed E-state index contributed by atoms with van der Waals surface area (Å²) in [6.07, 6.45) is 0. The molecule has 0 aliphatic heterocycles. The summed E-state index contributed by atoms with van der Waals surface area (Å²) in [5.74, 6) is 0.466. The van der Waals surface area contributed by atoms with Crippen molar-refractivity contribution in [2.24, 2.45) is 0 Å². The monoisotopic (exact) mass is 275 g/mol. The van der Waals surface area contributed by atoms with Gasteiger partial charge in [-0.3, -0.25) is 4.79 Å². The highest BCUT2D eigenvalue weighted by molar-refractivity contribution is 6.30. The molecule has 0 aliphatic rings. The maximum Gasteiger partial charge on any atom is 0.264 e. The van der Waals surface area contributed by atoms with Gasteiger partial charge in [-0.05, 0) is 30.3 Å². The van der Waals surface area contributed by atoms with Gasteiger partial charge in [-0.15, -0.1) is 0 Å². The minimum Gasteiger partial charge on any atom is -0.484 e. The van der Waals surface area contributed by atoms with Crippen LogP contribution in [-0.4, -0.2) is 19.6 Å². The van der Waals surface area contributed by atoms with E-state index in [0.717, 1.165) is 5.69 Å². The SMILES string of the molecule is CN(C(=O)COc1cccc(Cl)c1)c1ccccc1. The predicted octanol–water partition coefficient (Wildman–Crippen LogP) is 3.38. The van der Waals surface area contributed by atoms with Crippen molar-refractivity contribution in [3.05, 3.63) is 59.6 Å². The summed E-state index contributed by atoms with van der Waals surface area (Å²) in [5, 5.41) is 0.585. The van der Waals surface area contributed by atoms with Gasteiger partial charge in [-0.1, -0.05) is 35.9 Å². The van der Waals surface area contributed by atoms with Crippen LogP contribution in [0.3, 0.4) is 0 Å². The zero-order valence-corrected chi connectivity index (χ0v) is 11.3. The Kier molecular flexibility index (Phi) is 4.42. The second kappa shape index (κ2) is 6.25. The van der Waals surface area contributed by atoms with Crippen LogP contribution in [0, 0.1) is 0 Å². The third-order valence-electron chi connectivity index (χ3n) is 2.68. The molecule has 0 spiro atoms. The van der Waals surface area contributed by atoms with Crippen molar-refractivity contribution in [3.8, 4) is 5.75 Å². The highest BCUT2D eigenvalue weighted by Gasteiger charge is 2.11. The average Bonchev–Trinajstić information content (AvgIpc) is 2.45. The molecule has 0 atom stereocenters. The summed E-state index contributed by atoms with van der Waals surface area (Å²) in [6, 6.07) is 16.4. The van der Waals surface area contributed by atoms with Crippen LogP contribution in [0.5, 0.6) is 5.75 Å². The van der Waals surface area contributed by atoms with Crippen LogP contribution in [0.2, 0.25) is 5.02 Å². The van der Waals surface area contributed by atoms with E-state index in [9.17, 15) is 4.79 Å². The van der Waals surface area contributed by atoms with E-state index in [-0.39, 0.29) is 12.5 Å². The van der Waals surface area contributed by atoms with Crippen molar-refractivity contribution < 1.29 is 9.53 Å². The molecule has 0 fully saturated rings. The van der Waals surface area contributed by atoms with Crippen LogP contribution in [-0.2, 0) is 4.79 Å². The molecular formula is C15H14ClNO2. The number of anilines is 1. The molecule has 98 valence electrons. The first-order valence-corrected chi connectivity index (χ1v) is 6.24. The first kappa shape index (κ1) is 13.4. The van der Waals surface area contributed by atoms with E-state index in [1.165, 1.54) is 0 Å². The third kappa shape index (κ3) is 3.73. The van der Waals surface area contributed by atoms with Gasteiger partial charge in [-0.2, -0.15) is 0 Å². The highest BCUT2D eigenvalue weighted by atomic mass is 35.5. The number of hydrogen-bond donors (Lipinski definition) is 0. The molecule has 0 N–H and O–H groups in total. The molecule has 1 amide bonds. The lowest BCUT2D eigenvalue weighted by atomic mass is 10.3. The van der Waals surface area contributed by atoms with E-state index in [2.05, 4.69) is 0 Å². The number of likely N-dealkylation sites (N-methyl/N-ethyl adjacent to an activating group) is 1. The molecule has 0 aromatic heterocycles. The Labute approximate surface area is 117 Å². The number of carbonyl (C=O) groups is 1. The molecule has 0 radical (unpaired) electrons. The summed E-state index contributed by atoms with van der Waals surface area (Å²) in [4.78, 5) is 13.5. The number of hydrogen-bond acceptors (Lipinski definition) is 2. The van der Waals surface area contributed by atoms with E-state index in [1.54, 1.807) is 36.2 Å². The summed E-state index contributed by atoms with van der Waals surface area (Å²) in [6.45, 7) is -0.0221. The number of benzene rings is 2. The lowest BCUT2D eigenvalue weighted by Gasteiger charge is -2.17. The number of amides is 1. The fourth-order valence-corrected chi connectivity index (χ4v) is 1.77. The summed E-state index contributed by atoms with van der Waals surface area (Å²) >= 11 is 5.84. The Balaban J connectivity index is 1.95. The van der Waals surface area contributed by atoms with Crippen LogP contribution in [0.25, 0.3) is 0 Å². The molecule has 19 heavy (non-hydrogen) atoms. The van der Waals surface area contributed by atoms with E-state index in [0.29, 0.717) is 10.8 Å². The van der Waals surface area contributed by atoms with Crippen LogP contribution in [0.4, 0.5) is 5.69 Å². The summed E-state index contributed by atoms with van der Waals surface area (Å²) < 4.78 is 5.42. The zero-order chi connectivity index (χ0) is 13.7. The Hall–Kier alpha value is -2.00. The Bertz CT molecular complexity index is 557. The molecule has 2 aromatic carbocycles. The number of rotatable bonds is 4. The quantitative estimate of drug-likeness (QED) is 0.856. The lowest BCUT2D eigenvalue weighted by molar-refractivity contribution is -0.120. The van der Waals surface area contributed by atoms with E-state index < -0.39 is 0 Å². The Morgan fingerprint density at radius 1 is 1.16 bits per heavy atom. The van der Waals surface area contributed by atoms with Crippen LogP contribution >= 0.6 is 11.6 Å². The normalized spacial score (nSPS) is 10.0. The predicted molar refractivity (Wildman–Crippen MR) is 76.8 cm³/mol. The fourth-order valence-electron chi connectivity index (χ4n) is 1.59. The van der Waals surface area contributed by atoms with Gasteiger partial charge in [0.1, 0.15) is 5.75 Å². The van der Waals surface area contributed by atoms with Crippen molar-refractivity contribution in [1.29, 1.82) is 0 Å². The largest absolute Gasteiger partial charge is 0.484 e. The highest BCUT2D eigenvalue weighted by Crippen LogP contribution is 2.17. The standard InChI is InChI=1S/C15H14ClNO2/c1-17(13-7-3-2-4-8-13)15(18)11-19-14-9-5-6-12(16)10-14/h2-10H,11H2,1H3. The second-order valence-electron chi connectivity index (χ2n) is 4.03. The topological polar surface area (TPSA) is 29.5 Å². The lowest BCUT2D eigenvalue weighted by Crippen LogP contribution is -2.31. The number of para-hydroxylation sites is 1. The summed E-state index contributed by atoms with van der Waals surface area (Å²) in [5.41, 5.74) is 0.835. The zero-order valence-electron chi connectivity index (χ0n) is 10.5.